The Hall–Kier alpha value is -4.01. The molecule has 0 radical (unpaired) electrons. The van der Waals surface area contributed by atoms with E-state index in [4.69, 9.17) is 29.2 Å². The highest BCUT2D eigenvalue weighted by Crippen LogP contribution is 2.55. The first kappa shape index (κ1) is 33.9. The molecule has 0 spiro atoms. The highest BCUT2D eigenvalue weighted by Gasteiger charge is 2.45. The minimum Gasteiger partial charge on any atom is -0.364 e. The van der Waals surface area contributed by atoms with Crippen molar-refractivity contribution in [1.29, 1.82) is 0 Å². The SMILES string of the molecule is CCc1ccc(C(=N\NC(=S)NC)/C(C)=N/NC(=S)NCCOC[P+](c2ccccc2)(c2ccccc2)c2ccccc2)cc1. The summed E-state index contributed by atoms with van der Waals surface area (Å²) in [7, 11) is -0.318. The zero-order valence-electron chi connectivity index (χ0n) is 25.9. The van der Waals surface area contributed by atoms with Crippen LogP contribution in [0.1, 0.15) is 25.0 Å². The number of benzene rings is 4. The number of hydrazone groups is 2. The van der Waals surface area contributed by atoms with Gasteiger partial charge in [-0.25, -0.2) is 0 Å². The minimum absolute atomic E-state index is 0.396. The van der Waals surface area contributed by atoms with Crippen molar-refractivity contribution in [2.45, 2.75) is 20.3 Å². The van der Waals surface area contributed by atoms with Gasteiger partial charge in [0.1, 0.15) is 28.9 Å². The van der Waals surface area contributed by atoms with Gasteiger partial charge in [-0.05, 0) is 79.7 Å². The van der Waals surface area contributed by atoms with Crippen LogP contribution in [0.2, 0.25) is 0 Å². The Morgan fingerprint density at radius 1 is 0.711 bits per heavy atom. The third-order valence-electron chi connectivity index (χ3n) is 7.21. The second kappa shape index (κ2) is 17.5. The van der Waals surface area contributed by atoms with E-state index in [1.165, 1.54) is 21.5 Å². The van der Waals surface area contributed by atoms with Crippen molar-refractivity contribution in [3.8, 4) is 0 Å². The first-order chi connectivity index (χ1) is 22.0. The molecule has 232 valence electrons. The normalized spacial score (nSPS) is 11.9. The third-order valence-corrected chi connectivity index (χ3v) is 11.8. The Bertz CT molecular complexity index is 1490. The van der Waals surface area contributed by atoms with Gasteiger partial charge in [0.05, 0.1) is 12.3 Å². The summed E-state index contributed by atoms with van der Waals surface area (Å²) in [6, 6.07) is 40.3. The molecule has 0 aliphatic heterocycles. The van der Waals surface area contributed by atoms with Crippen LogP contribution in [-0.4, -0.2) is 48.2 Å². The van der Waals surface area contributed by atoms with Gasteiger partial charge in [0.2, 0.25) is 0 Å². The van der Waals surface area contributed by atoms with Crippen molar-refractivity contribution in [3.05, 3.63) is 126 Å². The molecule has 4 aromatic rings. The molecule has 4 N–H and O–H groups in total. The van der Waals surface area contributed by atoms with E-state index in [-0.39, 0.29) is 0 Å². The average Bonchev–Trinajstić information content (AvgIpc) is 3.10. The van der Waals surface area contributed by atoms with Gasteiger partial charge >= 0.3 is 0 Å². The number of nitrogens with one attached hydrogen (secondary N) is 4. The van der Waals surface area contributed by atoms with Gasteiger partial charge in [-0.15, -0.1) is 0 Å². The monoisotopic (exact) mass is 655 g/mol. The molecule has 4 aromatic carbocycles. The zero-order valence-corrected chi connectivity index (χ0v) is 28.4. The fourth-order valence-electron chi connectivity index (χ4n) is 4.80. The predicted octanol–water partition coefficient (Wildman–Crippen LogP) is 4.86. The molecule has 7 nitrogen and oxygen atoms in total. The van der Waals surface area contributed by atoms with Gasteiger partial charge < -0.3 is 15.4 Å². The maximum atomic E-state index is 6.44. The molecule has 10 heteroatoms. The topological polar surface area (TPSA) is 82.1 Å². The molecule has 0 heterocycles. The first-order valence-electron chi connectivity index (χ1n) is 14.8. The number of aryl methyl sites for hydroxylation is 1. The van der Waals surface area contributed by atoms with Crippen molar-refractivity contribution in [2.75, 3.05) is 26.5 Å². The van der Waals surface area contributed by atoms with Crippen LogP contribution in [0.3, 0.4) is 0 Å². The lowest BCUT2D eigenvalue weighted by Gasteiger charge is -2.27. The van der Waals surface area contributed by atoms with E-state index in [2.05, 4.69) is 142 Å². The van der Waals surface area contributed by atoms with Crippen LogP contribution in [0.15, 0.2) is 125 Å². The van der Waals surface area contributed by atoms with Gasteiger partial charge in [0.25, 0.3) is 0 Å². The molecule has 0 aliphatic carbocycles. The number of nitrogens with zero attached hydrogens (tertiary/aromatic N) is 2. The van der Waals surface area contributed by atoms with E-state index in [1.807, 2.05) is 19.1 Å². The summed E-state index contributed by atoms with van der Waals surface area (Å²) >= 11 is 10.7. The molecule has 45 heavy (non-hydrogen) atoms. The highest BCUT2D eigenvalue weighted by atomic mass is 32.1. The summed E-state index contributed by atoms with van der Waals surface area (Å²) in [5.41, 5.74) is 9.26. The van der Waals surface area contributed by atoms with Gasteiger partial charge in [-0.1, -0.05) is 85.8 Å². The predicted molar refractivity (Wildman–Crippen MR) is 200 cm³/mol. The van der Waals surface area contributed by atoms with Gasteiger partial charge in [0, 0.05) is 19.2 Å². The number of hydrogen-bond donors (Lipinski definition) is 4. The number of ether oxygens (including phenoxy) is 1. The lowest BCUT2D eigenvalue weighted by atomic mass is 10.0. The van der Waals surface area contributed by atoms with Crippen LogP contribution in [0.4, 0.5) is 0 Å². The largest absolute Gasteiger partial charge is 0.364 e. The van der Waals surface area contributed by atoms with E-state index >= 15 is 0 Å². The van der Waals surface area contributed by atoms with Crippen LogP contribution in [0, 0.1) is 0 Å². The summed E-state index contributed by atoms with van der Waals surface area (Å²) in [6.45, 7) is 4.99. The van der Waals surface area contributed by atoms with Crippen LogP contribution in [0.5, 0.6) is 0 Å². The van der Waals surface area contributed by atoms with Crippen LogP contribution >= 0.6 is 31.7 Å². The van der Waals surface area contributed by atoms with Crippen LogP contribution in [0.25, 0.3) is 0 Å². The molecule has 0 saturated heterocycles. The Labute approximate surface area is 277 Å². The highest BCUT2D eigenvalue weighted by molar-refractivity contribution is 7.95. The van der Waals surface area contributed by atoms with E-state index in [9.17, 15) is 0 Å². The second-order valence-electron chi connectivity index (χ2n) is 10.1. The molecule has 0 aliphatic rings. The van der Waals surface area contributed by atoms with Crippen molar-refractivity contribution >= 4 is 69.3 Å². The summed E-state index contributed by atoms with van der Waals surface area (Å²) in [5, 5.41) is 19.7. The first-order valence-corrected chi connectivity index (χ1v) is 17.6. The number of rotatable bonds is 13. The molecule has 0 fully saturated rings. The van der Waals surface area contributed by atoms with Crippen LogP contribution in [-0.2, 0) is 11.2 Å². The fourth-order valence-corrected chi connectivity index (χ4v) is 8.78. The Balaban J connectivity index is 1.41. The maximum absolute atomic E-state index is 6.44. The van der Waals surface area contributed by atoms with Crippen molar-refractivity contribution < 1.29 is 4.74 Å². The van der Waals surface area contributed by atoms with Gasteiger partial charge in [-0.2, -0.15) is 10.2 Å². The Kier molecular flexibility index (Phi) is 13.2. The molecule has 0 bridgehead atoms. The Morgan fingerprint density at radius 3 is 1.71 bits per heavy atom. The zero-order chi connectivity index (χ0) is 31.9. The molecule has 0 unspecified atom stereocenters. The summed E-state index contributed by atoms with van der Waals surface area (Å²) in [4.78, 5) is 0. The third kappa shape index (κ3) is 9.25. The molecule has 0 saturated carbocycles. The minimum atomic E-state index is -2.06. The molecular weight excluding hydrogens is 616 g/mol. The number of thiocarbonyl (C=S) groups is 2. The van der Waals surface area contributed by atoms with Crippen LogP contribution < -0.4 is 37.4 Å². The molecule has 0 aromatic heterocycles. The van der Waals surface area contributed by atoms with E-state index in [0.717, 1.165) is 12.0 Å². The van der Waals surface area contributed by atoms with E-state index in [0.29, 0.717) is 41.1 Å². The van der Waals surface area contributed by atoms with Crippen molar-refractivity contribution in [2.24, 2.45) is 10.2 Å². The van der Waals surface area contributed by atoms with Gasteiger partial charge in [0.15, 0.2) is 16.6 Å². The quantitative estimate of drug-likeness (QED) is 0.0539. The summed E-state index contributed by atoms with van der Waals surface area (Å²) in [6.07, 6.45) is 1.53. The average molecular weight is 656 g/mol. The molecule has 4 rings (SSSR count). The molecular formula is C35H40N6OPS2+. The van der Waals surface area contributed by atoms with Crippen molar-refractivity contribution in [3.63, 3.8) is 0 Å². The fraction of sp³-hybridized carbons (Fsp3) is 0.200. The van der Waals surface area contributed by atoms with Gasteiger partial charge in [-0.3, -0.25) is 10.9 Å². The second-order valence-corrected chi connectivity index (χ2v) is 14.4. The summed E-state index contributed by atoms with van der Waals surface area (Å²) < 4.78 is 6.44. The van der Waals surface area contributed by atoms with Crippen molar-refractivity contribution in [1.82, 2.24) is 21.5 Å². The maximum Gasteiger partial charge on any atom is 0.187 e. The number of hydrogen-bond acceptors (Lipinski definition) is 5. The summed E-state index contributed by atoms with van der Waals surface area (Å²) in [5.74, 6) is 0. The molecule has 0 amide bonds. The van der Waals surface area contributed by atoms with E-state index in [1.54, 1.807) is 7.05 Å². The standard InChI is InChI=1S/C35H39N6OPS2/c1-4-28-20-22-29(23-21-28)33(39-40-34(44)36-3)27(2)38-41-35(45)37-24-25-42-26-43(30-14-8-5-9-15-30,31-16-10-6-11-17-31)32-18-12-7-13-19-32/h5-23H,4,24-26H2,1-3H3,(H3-,36,37,38,39,40,41,44,45)/p+1. The molecule has 0 atom stereocenters. The Morgan fingerprint density at radius 2 is 1.22 bits per heavy atom. The van der Waals surface area contributed by atoms with E-state index < -0.39 is 7.26 Å². The smallest absolute Gasteiger partial charge is 0.187 e. The lowest BCUT2D eigenvalue weighted by Crippen LogP contribution is -2.37. The lowest BCUT2D eigenvalue weighted by molar-refractivity contribution is 0.185.